The van der Waals surface area contributed by atoms with Crippen LogP contribution in [0.4, 0.5) is 0 Å². The van der Waals surface area contributed by atoms with Gasteiger partial charge in [-0.15, -0.1) is 0 Å². The van der Waals surface area contributed by atoms with Crippen molar-refractivity contribution in [1.29, 1.82) is 0 Å². The first kappa shape index (κ1) is 12.7. The van der Waals surface area contributed by atoms with Crippen molar-refractivity contribution in [3.8, 4) is 0 Å². The predicted octanol–water partition coefficient (Wildman–Crippen LogP) is 2.91. The Morgan fingerprint density at radius 3 is 2.67 bits per heavy atom. The Balaban J connectivity index is 2.59. The predicted molar refractivity (Wildman–Crippen MR) is 62.8 cm³/mol. The van der Waals surface area contributed by atoms with Gasteiger partial charge in [-0.3, -0.25) is 0 Å². The maximum Gasteiger partial charge on any atom is 0.0785 e. The van der Waals surface area contributed by atoms with E-state index in [0.29, 0.717) is 5.41 Å². The minimum Gasteiger partial charge on any atom is -0.394 e. The summed E-state index contributed by atoms with van der Waals surface area (Å²) in [6.07, 6.45) is 6.09. The van der Waals surface area contributed by atoms with Gasteiger partial charge in [0.05, 0.1) is 18.8 Å². The van der Waals surface area contributed by atoms with E-state index in [2.05, 4.69) is 26.8 Å². The summed E-state index contributed by atoms with van der Waals surface area (Å²) in [6, 6.07) is 0. The van der Waals surface area contributed by atoms with Crippen LogP contribution >= 0.6 is 0 Å². The zero-order chi connectivity index (χ0) is 11.5. The van der Waals surface area contributed by atoms with Crippen molar-refractivity contribution >= 4 is 0 Å². The average Bonchev–Trinajstić information content (AvgIpc) is 2.16. The third-order valence-electron chi connectivity index (χ3n) is 3.08. The molecule has 15 heavy (non-hydrogen) atoms. The summed E-state index contributed by atoms with van der Waals surface area (Å²) >= 11 is 0. The van der Waals surface area contributed by atoms with E-state index in [1.54, 1.807) is 0 Å². The standard InChI is InChI=1S/C13H24O2/c1-10(9-14)15-11(2)12-6-5-7-13(3,4)8-12/h8,10-11,14H,5-7,9H2,1-4H3. The van der Waals surface area contributed by atoms with E-state index in [9.17, 15) is 0 Å². The third-order valence-corrected chi connectivity index (χ3v) is 3.08. The molecule has 88 valence electrons. The lowest BCUT2D eigenvalue weighted by Crippen LogP contribution is -2.25. The fraction of sp³-hybridized carbons (Fsp3) is 0.846. The van der Waals surface area contributed by atoms with Crippen LogP contribution in [-0.4, -0.2) is 23.9 Å². The molecule has 0 aliphatic heterocycles. The zero-order valence-corrected chi connectivity index (χ0v) is 10.4. The van der Waals surface area contributed by atoms with Crippen molar-refractivity contribution < 1.29 is 9.84 Å². The Morgan fingerprint density at radius 1 is 1.47 bits per heavy atom. The molecule has 0 amide bonds. The van der Waals surface area contributed by atoms with Crippen LogP contribution in [0.15, 0.2) is 11.6 Å². The molecule has 1 aliphatic rings. The monoisotopic (exact) mass is 212 g/mol. The van der Waals surface area contributed by atoms with Crippen LogP contribution in [0, 0.1) is 5.41 Å². The summed E-state index contributed by atoms with van der Waals surface area (Å²) in [5, 5.41) is 8.94. The minimum atomic E-state index is -0.0639. The summed E-state index contributed by atoms with van der Waals surface area (Å²) < 4.78 is 5.71. The first-order valence-electron chi connectivity index (χ1n) is 5.92. The highest BCUT2D eigenvalue weighted by Gasteiger charge is 2.23. The molecule has 0 saturated heterocycles. The Kier molecular flexibility index (Phi) is 4.35. The van der Waals surface area contributed by atoms with Gasteiger partial charge in [0.1, 0.15) is 0 Å². The SMILES string of the molecule is CC(CO)OC(C)C1=CC(C)(C)CCC1. The van der Waals surface area contributed by atoms with Gasteiger partial charge in [0.25, 0.3) is 0 Å². The molecule has 2 atom stereocenters. The molecule has 0 radical (unpaired) electrons. The van der Waals surface area contributed by atoms with Gasteiger partial charge in [-0.05, 0) is 44.1 Å². The van der Waals surface area contributed by atoms with E-state index < -0.39 is 0 Å². The van der Waals surface area contributed by atoms with E-state index in [1.165, 1.54) is 18.4 Å². The second-order valence-electron chi connectivity index (χ2n) is 5.33. The molecule has 0 heterocycles. The van der Waals surface area contributed by atoms with E-state index in [-0.39, 0.29) is 18.8 Å². The van der Waals surface area contributed by atoms with Gasteiger partial charge in [0.15, 0.2) is 0 Å². The van der Waals surface area contributed by atoms with Gasteiger partial charge in [0, 0.05) is 0 Å². The van der Waals surface area contributed by atoms with Crippen LogP contribution in [-0.2, 0) is 4.74 Å². The maximum atomic E-state index is 8.94. The lowest BCUT2D eigenvalue weighted by atomic mass is 9.78. The zero-order valence-electron chi connectivity index (χ0n) is 10.4. The molecule has 0 aromatic heterocycles. The van der Waals surface area contributed by atoms with Gasteiger partial charge in [-0.25, -0.2) is 0 Å². The van der Waals surface area contributed by atoms with E-state index >= 15 is 0 Å². The van der Waals surface area contributed by atoms with Crippen LogP contribution < -0.4 is 0 Å². The van der Waals surface area contributed by atoms with Crippen LogP contribution in [0.5, 0.6) is 0 Å². The molecule has 0 aromatic rings. The maximum absolute atomic E-state index is 8.94. The average molecular weight is 212 g/mol. The Morgan fingerprint density at radius 2 is 2.13 bits per heavy atom. The smallest absolute Gasteiger partial charge is 0.0785 e. The number of aliphatic hydroxyl groups is 1. The number of hydrogen-bond donors (Lipinski definition) is 1. The summed E-state index contributed by atoms with van der Waals surface area (Å²) in [6.45, 7) is 8.63. The minimum absolute atomic E-state index is 0.0639. The van der Waals surface area contributed by atoms with Crippen LogP contribution in [0.25, 0.3) is 0 Å². The molecule has 0 aromatic carbocycles. The van der Waals surface area contributed by atoms with Gasteiger partial charge in [-0.2, -0.15) is 0 Å². The van der Waals surface area contributed by atoms with Crippen molar-refractivity contribution in [3.63, 3.8) is 0 Å². The molecule has 0 fully saturated rings. The van der Waals surface area contributed by atoms with Crippen molar-refractivity contribution in [2.75, 3.05) is 6.61 Å². The van der Waals surface area contributed by atoms with Crippen LogP contribution in [0.2, 0.25) is 0 Å². The Labute approximate surface area is 93.3 Å². The molecule has 0 bridgehead atoms. The first-order valence-corrected chi connectivity index (χ1v) is 5.92. The summed E-state index contributed by atoms with van der Waals surface area (Å²) in [5.41, 5.74) is 1.71. The van der Waals surface area contributed by atoms with Crippen molar-refractivity contribution in [3.05, 3.63) is 11.6 Å². The van der Waals surface area contributed by atoms with Crippen LogP contribution in [0.3, 0.4) is 0 Å². The highest BCUT2D eigenvalue weighted by Crippen LogP contribution is 2.34. The number of hydrogen-bond acceptors (Lipinski definition) is 2. The molecule has 2 heteroatoms. The summed E-state index contributed by atoms with van der Waals surface area (Å²) in [7, 11) is 0. The molecule has 1 N–H and O–H groups in total. The molecular weight excluding hydrogens is 188 g/mol. The molecule has 1 aliphatic carbocycles. The highest BCUT2D eigenvalue weighted by molar-refractivity contribution is 5.15. The number of allylic oxidation sites excluding steroid dienone is 1. The quantitative estimate of drug-likeness (QED) is 0.726. The molecule has 2 unspecified atom stereocenters. The van der Waals surface area contributed by atoms with Gasteiger partial charge in [0.2, 0.25) is 0 Å². The largest absolute Gasteiger partial charge is 0.394 e. The number of rotatable bonds is 4. The van der Waals surface area contributed by atoms with Crippen LogP contribution in [0.1, 0.15) is 47.0 Å². The fourth-order valence-corrected chi connectivity index (χ4v) is 2.19. The Bertz CT molecular complexity index is 231. The van der Waals surface area contributed by atoms with Crippen molar-refractivity contribution in [2.24, 2.45) is 5.41 Å². The topological polar surface area (TPSA) is 29.5 Å². The molecule has 1 rings (SSSR count). The normalized spacial score (nSPS) is 24.5. The lowest BCUT2D eigenvalue weighted by Gasteiger charge is -2.31. The lowest BCUT2D eigenvalue weighted by molar-refractivity contribution is -0.00717. The number of aliphatic hydroxyl groups excluding tert-OH is 1. The van der Waals surface area contributed by atoms with Crippen molar-refractivity contribution in [1.82, 2.24) is 0 Å². The molecular formula is C13H24O2. The third kappa shape index (κ3) is 3.96. The fourth-order valence-electron chi connectivity index (χ4n) is 2.19. The first-order chi connectivity index (χ1) is 6.94. The summed E-state index contributed by atoms with van der Waals surface area (Å²) in [5.74, 6) is 0. The van der Waals surface area contributed by atoms with E-state index in [0.717, 1.165) is 6.42 Å². The second kappa shape index (κ2) is 5.13. The molecule has 0 spiro atoms. The van der Waals surface area contributed by atoms with Crippen molar-refractivity contribution in [2.45, 2.75) is 59.2 Å². The second-order valence-corrected chi connectivity index (χ2v) is 5.33. The number of ether oxygens (including phenoxy) is 1. The molecule has 0 saturated carbocycles. The molecule has 2 nitrogen and oxygen atoms in total. The van der Waals surface area contributed by atoms with Gasteiger partial charge in [-0.1, -0.05) is 19.9 Å². The van der Waals surface area contributed by atoms with E-state index in [1.807, 2.05) is 6.92 Å². The van der Waals surface area contributed by atoms with Gasteiger partial charge < -0.3 is 9.84 Å². The van der Waals surface area contributed by atoms with Gasteiger partial charge >= 0.3 is 0 Å². The Hall–Kier alpha value is -0.340. The summed E-state index contributed by atoms with van der Waals surface area (Å²) in [4.78, 5) is 0. The van der Waals surface area contributed by atoms with E-state index in [4.69, 9.17) is 9.84 Å². The highest BCUT2D eigenvalue weighted by atomic mass is 16.5.